The van der Waals surface area contributed by atoms with Crippen molar-refractivity contribution in [2.45, 2.75) is 29.3 Å². The van der Waals surface area contributed by atoms with Crippen LogP contribution in [0.2, 0.25) is 0 Å². The molecular formula is C23H21N3O2S. The maximum absolute atomic E-state index is 12.4. The molecule has 0 atom stereocenters. The topological polar surface area (TPSA) is 62.3 Å². The number of amides is 2. The van der Waals surface area contributed by atoms with E-state index in [2.05, 4.69) is 10.3 Å². The van der Waals surface area contributed by atoms with Gasteiger partial charge in [0.1, 0.15) is 5.03 Å². The molecule has 0 bridgehead atoms. The lowest BCUT2D eigenvalue weighted by molar-refractivity contribution is -0.117. The Labute approximate surface area is 174 Å². The molecular weight excluding hydrogens is 382 g/mol. The van der Waals surface area contributed by atoms with Crippen molar-refractivity contribution in [3.8, 4) is 0 Å². The van der Waals surface area contributed by atoms with E-state index in [9.17, 15) is 9.59 Å². The van der Waals surface area contributed by atoms with Gasteiger partial charge in [-0.25, -0.2) is 4.98 Å². The van der Waals surface area contributed by atoms with E-state index in [4.69, 9.17) is 0 Å². The van der Waals surface area contributed by atoms with Gasteiger partial charge in [-0.2, -0.15) is 0 Å². The summed E-state index contributed by atoms with van der Waals surface area (Å²) < 4.78 is 0. The van der Waals surface area contributed by atoms with E-state index in [0.717, 1.165) is 34.1 Å². The van der Waals surface area contributed by atoms with Gasteiger partial charge >= 0.3 is 0 Å². The Balaban J connectivity index is 1.31. The van der Waals surface area contributed by atoms with E-state index in [1.807, 2.05) is 71.6 Å². The van der Waals surface area contributed by atoms with Crippen molar-refractivity contribution in [1.82, 2.24) is 10.3 Å². The van der Waals surface area contributed by atoms with Gasteiger partial charge in [-0.05, 0) is 60.5 Å². The number of carbonyl (C=O) groups excluding carboxylic acids is 2. The molecule has 0 saturated carbocycles. The highest BCUT2D eigenvalue weighted by molar-refractivity contribution is 7.99. The zero-order valence-corrected chi connectivity index (χ0v) is 16.7. The highest BCUT2D eigenvalue weighted by Crippen LogP contribution is 2.25. The van der Waals surface area contributed by atoms with Crippen molar-refractivity contribution in [3.05, 3.63) is 84.1 Å². The number of pyridine rings is 1. The summed E-state index contributed by atoms with van der Waals surface area (Å²) in [7, 11) is 0. The van der Waals surface area contributed by atoms with Crippen LogP contribution in [0.1, 0.15) is 28.8 Å². The van der Waals surface area contributed by atoms with Gasteiger partial charge in [-0.1, -0.05) is 30.0 Å². The Morgan fingerprint density at radius 1 is 1.03 bits per heavy atom. The third kappa shape index (κ3) is 4.84. The summed E-state index contributed by atoms with van der Waals surface area (Å²) >= 11 is 1.56. The highest BCUT2D eigenvalue weighted by Gasteiger charge is 2.21. The minimum absolute atomic E-state index is 0.113. The van der Waals surface area contributed by atoms with Crippen LogP contribution in [0.25, 0.3) is 0 Å². The van der Waals surface area contributed by atoms with Crippen LogP contribution in [0.5, 0.6) is 0 Å². The fourth-order valence-electron chi connectivity index (χ4n) is 3.20. The van der Waals surface area contributed by atoms with Crippen LogP contribution in [-0.4, -0.2) is 23.3 Å². The van der Waals surface area contributed by atoms with Crippen LogP contribution in [0.4, 0.5) is 5.69 Å². The van der Waals surface area contributed by atoms with Crippen molar-refractivity contribution in [2.75, 3.05) is 11.4 Å². The Morgan fingerprint density at radius 2 is 1.83 bits per heavy atom. The quantitative estimate of drug-likeness (QED) is 0.667. The largest absolute Gasteiger partial charge is 0.348 e. The van der Waals surface area contributed by atoms with Gasteiger partial charge in [0.15, 0.2) is 0 Å². The summed E-state index contributed by atoms with van der Waals surface area (Å²) in [6.07, 6.45) is 3.30. The summed E-state index contributed by atoms with van der Waals surface area (Å²) in [5.41, 5.74) is 2.54. The molecule has 2 heterocycles. The lowest BCUT2D eigenvalue weighted by Crippen LogP contribution is -2.24. The summed E-state index contributed by atoms with van der Waals surface area (Å²) in [5.74, 6) is 0.0638. The number of rotatable bonds is 6. The molecule has 4 rings (SSSR count). The van der Waals surface area contributed by atoms with Crippen LogP contribution in [-0.2, 0) is 11.3 Å². The van der Waals surface area contributed by atoms with Crippen molar-refractivity contribution in [2.24, 2.45) is 0 Å². The predicted molar refractivity (Wildman–Crippen MR) is 114 cm³/mol. The zero-order valence-electron chi connectivity index (χ0n) is 15.9. The molecule has 2 amide bonds. The van der Waals surface area contributed by atoms with E-state index >= 15 is 0 Å². The number of nitrogens with one attached hydrogen (secondary N) is 1. The van der Waals surface area contributed by atoms with Gasteiger partial charge in [-0.3, -0.25) is 9.59 Å². The lowest BCUT2D eigenvalue weighted by atomic mass is 10.1. The number of hydrogen-bond donors (Lipinski definition) is 1. The Hall–Kier alpha value is -3.12. The Morgan fingerprint density at radius 3 is 2.48 bits per heavy atom. The lowest BCUT2D eigenvalue weighted by Gasteiger charge is -2.16. The molecule has 5 nitrogen and oxygen atoms in total. The molecule has 29 heavy (non-hydrogen) atoms. The molecule has 1 fully saturated rings. The fraction of sp³-hybridized carbons (Fsp3) is 0.174. The maximum atomic E-state index is 12.4. The Kier molecular flexibility index (Phi) is 5.91. The van der Waals surface area contributed by atoms with E-state index in [-0.39, 0.29) is 11.8 Å². The number of nitrogens with zero attached hydrogens (tertiary/aromatic N) is 2. The van der Waals surface area contributed by atoms with Gasteiger partial charge in [0, 0.05) is 41.9 Å². The molecule has 0 radical (unpaired) electrons. The first-order chi connectivity index (χ1) is 14.2. The van der Waals surface area contributed by atoms with Crippen LogP contribution in [0, 0.1) is 0 Å². The van der Waals surface area contributed by atoms with E-state index in [0.29, 0.717) is 18.5 Å². The van der Waals surface area contributed by atoms with Gasteiger partial charge < -0.3 is 10.2 Å². The van der Waals surface area contributed by atoms with Crippen molar-refractivity contribution in [1.29, 1.82) is 0 Å². The minimum Gasteiger partial charge on any atom is -0.348 e. The average molecular weight is 404 g/mol. The molecule has 1 aromatic heterocycles. The average Bonchev–Trinajstić information content (AvgIpc) is 3.19. The molecule has 6 heteroatoms. The minimum atomic E-state index is -0.113. The van der Waals surface area contributed by atoms with Gasteiger partial charge in [0.05, 0.1) is 0 Å². The molecule has 1 aliphatic heterocycles. The summed E-state index contributed by atoms with van der Waals surface area (Å²) in [6, 6.07) is 21.1. The zero-order chi connectivity index (χ0) is 20.1. The van der Waals surface area contributed by atoms with Crippen molar-refractivity contribution in [3.63, 3.8) is 0 Å². The molecule has 1 aliphatic rings. The molecule has 0 aliphatic carbocycles. The normalized spacial score (nSPS) is 13.5. The monoisotopic (exact) mass is 403 g/mol. The number of carbonyl (C=O) groups is 2. The smallest absolute Gasteiger partial charge is 0.251 e. The third-order valence-corrected chi connectivity index (χ3v) is 5.71. The van der Waals surface area contributed by atoms with Crippen LogP contribution in [0.3, 0.4) is 0 Å². The second-order valence-corrected chi connectivity index (χ2v) is 7.89. The number of benzene rings is 2. The maximum Gasteiger partial charge on any atom is 0.251 e. The fourth-order valence-corrected chi connectivity index (χ4v) is 3.98. The van der Waals surface area contributed by atoms with Gasteiger partial charge in [0.25, 0.3) is 5.91 Å². The standard InChI is InChI=1S/C23H21N3O2S/c27-22-5-3-15-26(22)19-10-6-17(7-11-19)16-25-23(28)18-8-12-20(13-9-18)29-21-4-1-2-14-24-21/h1-2,4,6-14H,3,5,15-16H2,(H,25,28). The van der Waals surface area contributed by atoms with Crippen molar-refractivity contribution < 1.29 is 9.59 Å². The van der Waals surface area contributed by atoms with Gasteiger partial charge in [-0.15, -0.1) is 0 Å². The second-order valence-electron chi connectivity index (χ2n) is 6.79. The van der Waals surface area contributed by atoms with Crippen molar-refractivity contribution >= 4 is 29.3 Å². The summed E-state index contributed by atoms with van der Waals surface area (Å²) in [5, 5.41) is 3.86. The number of hydrogen-bond acceptors (Lipinski definition) is 4. The number of aromatic nitrogens is 1. The van der Waals surface area contributed by atoms with E-state index in [1.165, 1.54) is 0 Å². The molecule has 0 spiro atoms. The Bertz CT molecular complexity index is 989. The van der Waals surface area contributed by atoms with Gasteiger partial charge in [0.2, 0.25) is 5.91 Å². The first-order valence-electron chi connectivity index (χ1n) is 9.55. The molecule has 2 aromatic carbocycles. The summed E-state index contributed by atoms with van der Waals surface area (Å²) in [4.78, 5) is 31.4. The van der Waals surface area contributed by atoms with E-state index in [1.54, 1.807) is 18.0 Å². The molecule has 1 saturated heterocycles. The first-order valence-corrected chi connectivity index (χ1v) is 10.4. The molecule has 1 N–H and O–H groups in total. The number of anilines is 1. The SMILES string of the molecule is O=C(NCc1ccc(N2CCCC2=O)cc1)c1ccc(Sc2ccccn2)cc1. The molecule has 0 unspecified atom stereocenters. The van der Waals surface area contributed by atoms with Crippen LogP contribution >= 0.6 is 11.8 Å². The molecule has 146 valence electrons. The first kappa shape index (κ1) is 19.2. The highest BCUT2D eigenvalue weighted by atomic mass is 32.2. The molecule has 3 aromatic rings. The predicted octanol–water partition coefficient (Wildman–Crippen LogP) is 4.29. The summed E-state index contributed by atoms with van der Waals surface area (Å²) in [6.45, 7) is 1.22. The van der Waals surface area contributed by atoms with E-state index < -0.39 is 0 Å². The second kappa shape index (κ2) is 8.92. The van der Waals surface area contributed by atoms with Crippen LogP contribution < -0.4 is 10.2 Å². The van der Waals surface area contributed by atoms with Crippen LogP contribution in [0.15, 0.2) is 82.8 Å². The third-order valence-electron chi connectivity index (χ3n) is 4.75.